The predicted molar refractivity (Wildman–Crippen MR) is 128 cm³/mol. The summed E-state index contributed by atoms with van der Waals surface area (Å²) in [6.07, 6.45) is 3.76. The van der Waals surface area contributed by atoms with Crippen LogP contribution in [0.2, 0.25) is 0 Å². The van der Waals surface area contributed by atoms with Gasteiger partial charge in [-0.25, -0.2) is 8.42 Å². The molecular weight excluding hydrogens is 440 g/mol. The summed E-state index contributed by atoms with van der Waals surface area (Å²) in [6.45, 7) is 6.75. The lowest BCUT2D eigenvalue weighted by Crippen LogP contribution is -2.32. The first-order chi connectivity index (χ1) is 15.7. The Morgan fingerprint density at radius 3 is 2.33 bits per heavy atom. The number of carbonyl (C=O) groups excluding carboxylic acids is 1. The minimum absolute atomic E-state index is 0.0273. The van der Waals surface area contributed by atoms with Crippen molar-refractivity contribution in [3.05, 3.63) is 53.6 Å². The molecule has 2 aromatic carbocycles. The minimum Gasteiger partial charge on any atom is -0.495 e. The van der Waals surface area contributed by atoms with Gasteiger partial charge in [-0.05, 0) is 69.5 Å². The third kappa shape index (κ3) is 6.26. The molecule has 0 aromatic heterocycles. The highest BCUT2D eigenvalue weighted by Gasteiger charge is 2.29. The average Bonchev–Trinajstić information content (AvgIpc) is 3.08. The van der Waals surface area contributed by atoms with Crippen molar-refractivity contribution < 1.29 is 22.7 Å². The molecule has 0 bridgehead atoms. The van der Waals surface area contributed by atoms with Crippen molar-refractivity contribution in [1.82, 2.24) is 9.62 Å². The maximum atomic E-state index is 13.4. The second-order valence-corrected chi connectivity index (χ2v) is 10.5. The number of hydrogen-bond donors (Lipinski definition) is 1. The van der Waals surface area contributed by atoms with Gasteiger partial charge in [0.05, 0.1) is 19.3 Å². The third-order valence-electron chi connectivity index (χ3n) is 5.69. The van der Waals surface area contributed by atoms with Crippen LogP contribution in [0.5, 0.6) is 11.5 Å². The van der Waals surface area contributed by atoms with E-state index in [9.17, 15) is 13.2 Å². The van der Waals surface area contributed by atoms with Gasteiger partial charge in [-0.2, -0.15) is 4.31 Å². The molecule has 0 aliphatic carbocycles. The molecule has 0 spiro atoms. The standard InChI is InChI=1S/C25H34N2O5S/c1-18(2)32-22-11-9-10-20(16-22)19(3)26-25(28)21-12-13-23(31-4)24(17-21)33(29,30)27-14-7-5-6-8-15-27/h9-13,16-19H,5-8,14-15H2,1-4H3,(H,26,28). The van der Waals surface area contributed by atoms with Crippen LogP contribution in [0.3, 0.4) is 0 Å². The van der Waals surface area contributed by atoms with E-state index >= 15 is 0 Å². The molecule has 0 radical (unpaired) electrons. The lowest BCUT2D eigenvalue weighted by Gasteiger charge is -2.22. The summed E-state index contributed by atoms with van der Waals surface area (Å²) in [6, 6.07) is 11.8. The van der Waals surface area contributed by atoms with Crippen molar-refractivity contribution in [2.75, 3.05) is 20.2 Å². The van der Waals surface area contributed by atoms with Crippen LogP contribution in [-0.4, -0.2) is 44.9 Å². The highest BCUT2D eigenvalue weighted by molar-refractivity contribution is 7.89. The Balaban J connectivity index is 1.83. The van der Waals surface area contributed by atoms with Gasteiger partial charge in [-0.15, -0.1) is 0 Å². The molecule has 3 rings (SSSR count). The van der Waals surface area contributed by atoms with E-state index in [-0.39, 0.29) is 34.3 Å². The number of nitrogens with zero attached hydrogens (tertiary/aromatic N) is 1. The molecule has 1 aliphatic rings. The zero-order valence-corrected chi connectivity index (χ0v) is 20.7. The molecule has 8 heteroatoms. The molecule has 1 N–H and O–H groups in total. The Morgan fingerprint density at radius 1 is 1.00 bits per heavy atom. The van der Waals surface area contributed by atoms with Gasteiger partial charge < -0.3 is 14.8 Å². The number of sulfonamides is 1. The first-order valence-corrected chi connectivity index (χ1v) is 12.9. The van der Waals surface area contributed by atoms with Gasteiger partial charge in [0.15, 0.2) is 0 Å². The monoisotopic (exact) mass is 474 g/mol. The number of nitrogens with one attached hydrogen (secondary N) is 1. The summed E-state index contributed by atoms with van der Waals surface area (Å²) in [5.74, 6) is 0.619. The second-order valence-electron chi connectivity index (χ2n) is 8.62. The van der Waals surface area contributed by atoms with Crippen molar-refractivity contribution in [3.8, 4) is 11.5 Å². The largest absolute Gasteiger partial charge is 0.495 e. The maximum Gasteiger partial charge on any atom is 0.251 e. The molecule has 1 amide bonds. The van der Waals surface area contributed by atoms with E-state index in [1.54, 1.807) is 12.1 Å². The third-order valence-corrected chi connectivity index (χ3v) is 7.61. The Kier molecular flexibility index (Phi) is 8.37. The lowest BCUT2D eigenvalue weighted by atomic mass is 10.1. The molecule has 180 valence electrons. The van der Waals surface area contributed by atoms with Gasteiger partial charge >= 0.3 is 0 Å². The fraction of sp³-hybridized carbons (Fsp3) is 0.480. The van der Waals surface area contributed by atoms with E-state index in [1.807, 2.05) is 45.0 Å². The van der Waals surface area contributed by atoms with Crippen LogP contribution in [0, 0.1) is 0 Å². The van der Waals surface area contributed by atoms with Crippen molar-refractivity contribution in [2.45, 2.75) is 63.5 Å². The van der Waals surface area contributed by atoms with E-state index < -0.39 is 10.0 Å². The number of benzene rings is 2. The summed E-state index contributed by atoms with van der Waals surface area (Å²) in [4.78, 5) is 13.0. The molecule has 1 unspecified atom stereocenters. The van der Waals surface area contributed by atoms with E-state index in [1.165, 1.54) is 17.5 Å². The number of carbonyl (C=O) groups is 1. The van der Waals surface area contributed by atoms with Crippen LogP contribution in [0.15, 0.2) is 47.4 Å². The molecule has 1 aliphatic heterocycles. The SMILES string of the molecule is COc1ccc(C(=O)NC(C)c2cccc(OC(C)C)c2)cc1S(=O)(=O)N1CCCCCC1. The molecular formula is C25H34N2O5S. The van der Waals surface area contributed by atoms with Gasteiger partial charge in [0.25, 0.3) is 5.91 Å². The number of rotatable bonds is 8. The lowest BCUT2D eigenvalue weighted by molar-refractivity contribution is 0.0939. The Hall–Kier alpha value is -2.58. The first-order valence-electron chi connectivity index (χ1n) is 11.5. The minimum atomic E-state index is -3.77. The van der Waals surface area contributed by atoms with Crippen molar-refractivity contribution in [2.24, 2.45) is 0 Å². The van der Waals surface area contributed by atoms with Crippen LogP contribution >= 0.6 is 0 Å². The van der Waals surface area contributed by atoms with E-state index in [0.29, 0.717) is 13.1 Å². The zero-order chi connectivity index (χ0) is 24.0. The maximum absolute atomic E-state index is 13.4. The molecule has 0 saturated carbocycles. The number of amides is 1. The second kappa shape index (κ2) is 11.0. The Morgan fingerprint density at radius 2 is 1.70 bits per heavy atom. The van der Waals surface area contributed by atoms with Crippen LogP contribution in [0.25, 0.3) is 0 Å². The fourth-order valence-corrected chi connectivity index (χ4v) is 5.63. The van der Waals surface area contributed by atoms with Gasteiger partial charge in [0.2, 0.25) is 10.0 Å². The quantitative estimate of drug-likeness (QED) is 0.607. The van der Waals surface area contributed by atoms with Crippen LogP contribution < -0.4 is 14.8 Å². The smallest absolute Gasteiger partial charge is 0.251 e. The predicted octanol–water partition coefficient (Wildman–Crippen LogP) is 4.54. The summed E-state index contributed by atoms with van der Waals surface area (Å²) >= 11 is 0. The summed E-state index contributed by atoms with van der Waals surface area (Å²) in [5, 5.41) is 2.95. The summed E-state index contributed by atoms with van der Waals surface area (Å²) < 4.78 is 39.3. The Labute approximate surface area is 197 Å². The topological polar surface area (TPSA) is 84.9 Å². The van der Waals surface area contributed by atoms with Crippen molar-refractivity contribution >= 4 is 15.9 Å². The van der Waals surface area contributed by atoms with E-state index in [0.717, 1.165) is 37.0 Å². The molecule has 1 saturated heterocycles. The zero-order valence-electron chi connectivity index (χ0n) is 19.8. The van der Waals surface area contributed by atoms with E-state index in [4.69, 9.17) is 9.47 Å². The van der Waals surface area contributed by atoms with Gasteiger partial charge in [-0.1, -0.05) is 25.0 Å². The molecule has 2 aromatic rings. The van der Waals surface area contributed by atoms with Gasteiger partial charge in [0, 0.05) is 18.7 Å². The average molecular weight is 475 g/mol. The molecule has 7 nitrogen and oxygen atoms in total. The number of methoxy groups -OCH3 is 1. The fourth-order valence-electron chi connectivity index (χ4n) is 3.93. The van der Waals surface area contributed by atoms with E-state index in [2.05, 4.69) is 5.32 Å². The highest BCUT2D eigenvalue weighted by atomic mass is 32.2. The molecule has 1 heterocycles. The molecule has 1 atom stereocenters. The van der Waals surface area contributed by atoms with Crippen molar-refractivity contribution in [1.29, 1.82) is 0 Å². The van der Waals surface area contributed by atoms with Crippen LogP contribution in [0.1, 0.15) is 68.4 Å². The van der Waals surface area contributed by atoms with Crippen molar-refractivity contribution in [3.63, 3.8) is 0 Å². The molecule has 1 fully saturated rings. The van der Waals surface area contributed by atoms with Gasteiger partial charge in [-0.3, -0.25) is 4.79 Å². The number of ether oxygens (including phenoxy) is 2. The first kappa shape index (κ1) is 25.1. The summed E-state index contributed by atoms with van der Waals surface area (Å²) in [7, 11) is -2.33. The van der Waals surface area contributed by atoms with Gasteiger partial charge in [0.1, 0.15) is 16.4 Å². The van der Waals surface area contributed by atoms with Crippen LogP contribution in [-0.2, 0) is 10.0 Å². The summed E-state index contributed by atoms with van der Waals surface area (Å²) in [5.41, 5.74) is 1.16. The highest BCUT2D eigenvalue weighted by Crippen LogP contribution is 2.30. The normalized spacial score (nSPS) is 16.2. The Bertz CT molecular complexity index is 1060. The molecule has 33 heavy (non-hydrogen) atoms. The number of hydrogen-bond acceptors (Lipinski definition) is 5. The van der Waals surface area contributed by atoms with Crippen LogP contribution in [0.4, 0.5) is 0 Å².